The Morgan fingerprint density at radius 3 is 2.00 bits per heavy atom. The second kappa shape index (κ2) is 9.54. The van der Waals surface area contributed by atoms with Crippen LogP contribution in [0.5, 0.6) is 0 Å². The highest BCUT2D eigenvalue weighted by atomic mass is 16.2. The van der Waals surface area contributed by atoms with Crippen LogP contribution in [0, 0.1) is 17.8 Å². The van der Waals surface area contributed by atoms with Crippen LogP contribution in [0.3, 0.4) is 0 Å². The van der Waals surface area contributed by atoms with Gasteiger partial charge in [0, 0.05) is 44.7 Å². The van der Waals surface area contributed by atoms with Crippen LogP contribution >= 0.6 is 0 Å². The molecule has 2 aliphatic heterocycles. The van der Waals surface area contributed by atoms with E-state index < -0.39 is 0 Å². The average Bonchev–Trinajstić information content (AvgIpc) is 2.68. The van der Waals surface area contributed by atoms with Crippen LogP contribution in [0.2, 0.25) is 0 Å². The molecule has 1 saturated carbocycles. The first-order chi connectivity index (χ1) is 12.6. The van der Waals surface area contributed by atoms with Gasteiger partial charge in [-0.15, -0.1) is 0 Å². The molecule has 1 aliphatic carbocycles. The fourth-order valence-electron chi connectivity index (χ4n) is 5.30. The van der Waals surface area contributed by atoms with Crippen molar-refractivity contribution < 1.29 is 4.79 Å². The molecule has 4 nitrogen and oxygen atoms in total. The van der Waals surface area contributed by atoms with Crippen LogP contribution in [0.4, 0.5) is 0 Å². The molecular weight excluding hydrogens is 322 g/mol. The van der Waals surface area contributed by atoms with Crippen molar-refractivity contribution in [3.8, 4) is 0 Å². The molecule has 150 valence electrons. The molecule has 0 unspecified atom stereocenters. The van der Waals surface area contributed by atoms with Gasteiger partial charge in [0.25, 0.3) is 0 Å². The Morgan fingerprint density at radius 1 is 0.846 bits per heavy atom. The second-order valence-corrected chi connectivity index (χ2v) is 9.34. The third-order valence-electron chi connectivity index (χ3n) is 7.25. The first-order valence-electron chi connectivity index (χ1n) is 11.3. The van der Waals surface area contributed by atoms with Gasteiger partial charge in [0.15, 0.2) is 0 Å². The van der Waals surface area contributed by atoms with E-state index in [9.17, 15) is 4.79 Å². The molecule has 0 spiro atoms. The molecule has 1 amide bonds. The minimum atomic E-state index is 0.138. The molecule has 3 fully saturated rings. The molecule has 0 aromatic carbocycles. The smallest absolute Gasteiger partial charge is 0.225 e. The van der Waals surface area contributed by atoms with Crippen LogP contribution in [0.25, 0.3) is 0 Å². The summed E-state index contributed by atoms with van der Waals surface area (Å²) in [7, 11) is 0. The lowest BCUT2D eigenvalue weighted by Crippen LogP contribution is -2.51. The predicted molar refractivity (Wildman–Crippen MR) is 108 cm³/mol. The van der Waals surface area contributed by atoms with E-state index in [0.29, 0.717) is 5.91 Å². The van der Waals surface area contributed by atoms with E-state index in [4.69, 9.17) is 0 Å². The Hall–Kier alpha value is -0.610. The van der Waals surface area contributed by atoms with E-state index >= 15 is 0 Å². The molecule has 4 heteroatoms. The largest absolute Gasteiger partial charge is 0.340 e. The van der Waals surface area contributed by atoms with Crippen LogP contribution in [-0.2, 0) is 4.79 Å². The van der Waals surface area contributed by atoms with Crippen molar-refractivity contribution in [2.24, 2.45) is 17.8 Å². The third-order valence-corrected chi connectivity index (χ3v) is 7.25. The summed E-state index contributed by atoms with van der Waals surface area (Å²) in [4.78, 5) is 19.6. The molecule has 0 aromatic rings. The summed E-state index contributed by atoms with van der Waals surface area (Å²) < 4.78 is 0. The van der Waals surface area contributed by atoms with Crippen molar-refractivity contribution in [2.75, 3.05) is 45.8 Å². The molecule has 0 aromatic heterocycles. The zero-order valence-corrected chi connectivity index (χ0v) is 17.5. The molecule has 0 bridgehead atoms. The number of hydrogen-bond acceptors (Lipinski definition) is 3. The summed E-state index contributed by atoms with van der Waals surface area (Å²) in [6, 6.07) is 0.865. The molecule has 0 radical (unpaired) electrons. The lowest BCUT2D eigenvalue weighted by atomic mass is 9.83. The van der Waals surface area contributed by atoms with Gasteiger partial charge >= 0.3 is 0 Å². The number of hydrogen-bond donors (Lipinski definition) is 0. The maximum Gasteiger partial charge on any atom is 0.225 e. The number of piperidine rings is 1. The minimum absolute atomic E-state index is 0.138. The number of piperazine rings is 1. The summed E-state index contributed by atoms with van der Waals surface area (Å²) in [6.07, 6.45) is 9.86. The summed E-state index contributed by atoms with van der Waals surface area (Å²) in [5.74, 6) is 2.34. The van der Waals surface area contributed by atoms with Gasteiger partial charge in [-0.2, -0.15) is 0 Å². The third kappa shape index (κ3) is 5.22. The fraction of sp³-hybridized carbons (Fsp3) is 0.955. The van der Waals surface area contributed by atoms with E-state index in [1.54, 1.807) is 0 Å². The van der Waals surface area contributed by atoms with Crippen molar-refractivity contribution in [2.45, 2.75) is 71.8 Å². The topological polar surface area (TPSA) is 26.8 Å². The number of carbonyl (C=O) groups excluding carboxylic acids is 1. The minimum Gasteiger partial charge on any atom is -0.340 e. The monoisotopic (exact) mass is 363 g/mol. The second-order valence-electron chi connectivity index (χ2n) is 9.34. The van der Waals surface area contributed by atoms with Crippen LogP contribution in [0.15, 0.2) is 0 Å². The Balaban J connectivity index is 1.34. The van der Waals surface area contributed by atoms with Gasteiger partial charge in [0.2, 0.25) is 5.91 Å². The molecule has 2 saturated heterocycles. The van der Waals surface area contributed by atoms with Crippen LogP contribution < -0.4 is 0 Å². The van der Waals surface area contributed by atoms with Crippen LogP contribution in [0.1, 0.15) is 65.7 Å². The molecule has 0 N–H and O–H groups in total. The van der Waals surface area contributed by atoms with Crippen molar-refractivity contribution in [3.05, 3.63) is 0 Å². The normalized spacial score (nSPS) is 30.1. The first kappa shape index (κ1) is 20.1. The Bertz CT molecular complexity index is 429. The Morgan fingerprint density at radius 2 is 1.46 bits per heavy atom. The van der Waals surface area contributed by atoms with Gasteiger partial charge in [-0.3, -0.25) is 9.69 Å². The fourth-order valence-corrected chi connectivity index (χ4v) is 5.30. The summed E-state index contributed by atoms with van der Waals surface area (Å²) >= 11 is 0. The van der Waals surface area contributed by atoms with E-state index in [1.807, 2.05) is 13.8 Å². The van der Waals surface area contributed by atoms with Gasteiger partial charge in [0.05, 0.1) is 0 Å². The van der Waals surface area contributed by atoms with E-state index in [2.05, 4.69) is 21.6 Å². The maximum atomic E-state index is 12.1. The highest BCUT2D eigenvalue weighted by Crippen LogP contribution is 2.31. The zero-order chi connectivity index (χ0) is 18.5. The number of likely N-dealkylation sites (tertiary alicyclic amines) is 1. The quantitative estimate of drug-likeness (QED) is 0.748. The van der Waals surface area contributed by atoms with Crippen LogP contribution in [-0.4, -0.2) is 72.5 Å². The highest BCUT2D eigenvalue weighted by molar-refractivity contribution is 5.78. The summed E-state index contributed by atoms with van der Waals surface area (Å²) in [5, 5.41) is 0. The van der Waals surface area contributed by atoms with Crippen molar-refractivity contribution in [1.29, 1.82) is 0 Å². The first-order valence-corrected chi connectivity index (χ1v) is 11.3. The van der Waals surface area contributed by atoms with Gasteiger partial charge in [-0.25, -0.2) is 0 Å². The van der Waals surface area contributed by atoms with E-state index in [0.717, 1.165) is 44.1 Å². The molecule has 3 aliphatic rings. The zero-order valence-electron chi connectivity index (χ0n) is 17.5. The number of nitrogens with zero attached hydrogens (tertiary/aromatic N) is 3. The standard InChI is InChI=1S/C22H41N3O/c1-4-19-9-11-24(12-10-19)21-7-5-20(6-8-21)17-23-13-15-25(16-14-23)22(26)18(2)3/h18-21H,4-17H2,1-3H3/t20-,21+. The SMILES string of the molecule is CCC1CCN([C@H]2CC[C@@H](CN3CCN(C(=O)C(C)C)CC3)CC2)CC1. The molecule has 0 atom stereocenters. The summed E-state index contributed by atoms with van der Waals surface area (Å²) in [6.45, 7) is 14.3. The molecular formula is C22H41N3O. The Kier molecular flexibility index (Phi) is 7.39. The van der Waals surface area contributed by atoms with Gasteiger partial charge in [-0.1, -0.05) is 27.2 Å². The molecule has 26 heavy (non-hydrogen) atoms. The van der Waals surface area contributed by atoms with E-state index in [-0.39, 0.29) is 5.92 Å². The maximum absolute atomic E-state index is 12.1. The molecule has 2 heterocycles. The number of carbonyl (C=O) groups is 1. The van der Waals surface area contributed by atoms with Crippen molar-refractivity contribution in [1.82, 2.24) is 14.7 Å². The Labute approximate surface area is 161 Å². The van der Waals surface area contributed by atoms with Gasteiger partial charge < -0.3 is 9.80 Å². The van der Waals surface area contributed by atoms with Gasteiger partial charge in [0.1, 0.15) is 0 Å². The predicted octanol–water partition coefficient (Wildman–Crippen LogP) is 3.47. The number of amides is 1. The lowest BCUT2D eigenvalue weighted by Gasteiger charge is -2.42. The highest BCUT2D eigenvalue weighted by Gasteiger charge is 2.30. The van der Waals surface area contributed by atoms with Crippen molar-refractivity contribution in [3.63, 3.8) is 0 Å². The van der Waals surface area contributed by atoms with Gasteiger partial charge in [-0.05, 0) is 63.5 Å². The molecule has 3 rings (SSSR count). The average molecular weight is 364 g/mol. The summed E-state index contributed by atoms with van der Waals surface area (Å²) in [5.41, 5.74) is 0. The lowest BCUT2D eigenvalue weighted by molar-refractivity contribution is -0.136. The van der Waals surface area contributed by atoms with Crippen molar-refractivity contribution >= 4 is 5.91 Å². The number of rotatable bonds is 5. The van der Waals surface area contributed by atoms with E-state index in [1.165, 1.54) is 64.6 Å².